The summed E-state index contributed by atoms with van der Waals surface area (Å²) < 4.78 is 6.55. The largest absolute Gasteiger partial charge is 0.496 e. The van der Waals surface area contributed by atoms with Crippen LogP contribution in [-0.4, -0.2) is 22.8 Å². The van der Waals surface area contributed by atoms with E-state index in [9.17, 15) is 9.59 Å². The van der Waals surface area contributed by atoms with Gasteiger partial charge in [-0.15, -0.1) is 0 Å². The normalized spacial score (nSPS) is 10.2. The molecule has 5 nitrogen and oxygen atoms in total. The maximum absolute atomic E-state index is 11.7. The van der Waals surface area contributed by atoms with Gasteiger partial charge in [-0.25, -0.2) is 4.79 Å². The number of pyridine rings is 1. The van der Waals surface area contributed by atoms with Crippen molar-refractivity contribution >= 4 is 5.97 Å². The molecule has 1 N–H and O–H groups in total. The molecule has 2 rings (SSSR count). The molecule has 0 aliphatic carbocycles. The zero-order valence-electron chi connectivity index (χ0n) is 10.4. The lowest BCUT2D eigenvalue weighted by molar-refractivity contribution is 0.0696. The van der Waals surface area contributed by atoms with Crippen molar-refractivity contribution in [1.29, 1.82) is 0 Å². The minimum absolute atomic E-state index is 0.0782. The van der Waals surface area contributed by atoms with E-state index in [0.29, 0.717) is 5.75 Å². The van der Waals surface area contributed by atoms with Crippen LogP contribution in [0.15, 0.2) is 47.4 Å². The first-order valence-corrected chi connectivity index (χ1v) is 5.67. The van der Waals surface area contributed by atoms with E-state index in [0.717, 1.165) is 5.56 Å². The Hall–Kier alpha value is -2.56. The van der Waals surface area contributed by atoms with Gasteiger partial charge in [-0.05, 0) is 12.1 Å². The van der Waals surface area contributed by atoms with E-state index in [4.69, 9.17) is 9.84 Å². The van der Waals surface area contributed by atoms with Gasteiger partial charge in [-0.3, -0.25) is 4.79 Å². The third kappa shape index (κ3) is 2.82. The van der Waals surface area contributed by atoms with Crippen molar-refractivity contribution in [3.05, 3.63) is 64.1 Å². The lowest BCUT2D eigenvalue weighted by Crippen LogP contribution is -2.21. The topological polar surface area (TPSA) is 68.5 Å². The average Bonchev–Trinajstić information content (AvgIpc) is 2.41. The number of para-hydroxylation sites is 1. The molecular formula is C14H13NO4. The Labute approximate surface area is 109 Å². The number of nitrogens with zero attached hydrogens (tertiary/aromatic N) is 1. The van der Waals surface area contributed by atoms with Crippen LogP contribution in [0.25, 0.3) is 0 Å². The fourth-order valence-electron chi connectivity index (χ4n) is 1.80. The van der Waals surface area contributed by atoms with E-state index in [1.807, 2.05) is 18.2 Å². The van der Waals surface area contributed by atoms with Gasteiger partial charge in [0.05, 0.1) is 19.2 Å². The smallest absolute Gasteiger partial charge is 0.337 e. The first-order valence-electron chi connectivity index (χ1n) is 5.67. The van der Waals surface area contributed by atoms with Gasteiger partial charge in [-0.2, -0.15) is 0 Å². The molecule has 0 aliphatic heterocycles. The number of rotatable bonds is 4. The molecule has 19 heavy (non-hydrogen) atoms. The van der Waals surface area contributed by atoms with Crippen LogP contribution >= 0.6 is 0 Å². The van der Waals surface area contributed by atoms with Crippen LogP contribution in [0.3, 0.4) is 0 Å². The predicted molar refractivity (Wildman–Crippen MR) is 69.8 cm³/mol. The molecule has 0 unspecified atom stereocenters. The third-order valence-electron chi connectivity index (χ3n) is 2.76. The van der Waals surface area contributed by atoms with E-state index in [1.165, 1.54) is 22.9 Å². The molecule has 0 spiro atoms. The fraction of sp³-hybridized carbons (Fsp3) is 0.143. The van der Waals surface area contributed by atoms with Crippen LogP contribution in [0, 0.1) is 0 Å². The molecule has 0 fully saturated rings. The Morgan fingerprint density at radius 1 is 1.26 bits per heavy atom. The minimum Gasteiger partial charge on any atom is -0.496 e. The van der Waals surface area contributed by atoms with Crippen molar-refractivity contribution in [3.63, 3.8) is 0 Å². The number of hydrogen-bond acceptors (Lipinski definition) is 3. The Balaban J connectivity index is 2.40. The number of methoxy groups -OCH3 is 1. The highest BCUT2D eigenvalue weighted by Crippen LogP contribution is 2.17. The summed E-state index contributed by atoms with van der Waals surface area (Å²) in [6, 6.07) is 9.84. The highest BCUT2D eigenvalue weighted by molar-refractivity contribution is 5.87. The number of aromatic carboxylic acids is 1. The Morgan fingerprint density at radius 3 is 2.68 bits per heavy atom. The van der Waals surface area contributed by atoms with Crippen molar-refractivity contribution in [3.8, 4) is 5.75 Å². The van der Waals surface area contributed by atoms with Crippen molar-refractivity contribution in [2.75, 3.05) is 7.11 Å². The second-order valence-electron chi connectivity index (χ2n) is 4.00. The summed E-state index contributed by atoms with van der Waals surface area (Å²) in [6.07, 6.45) is 1.33. The number of aromatic nitrogens is 1. The van der Waals surface area contributed by atoms with Gasteiger partial charge in [0.1, 0.15) is 5.75 Å². The SMILES string of the molecule is COc1ccccc1Cn1cc(C(=O)O)ccc1=O. The maximum Gasteiger partial charge on any atom is 0.337 e. The van der Waals surface area contributed by atoms with E-state index in [2.05, 4.69) is 0 Å². The summed E-state index contributed by atoms with van der Waals surface area (Å²) in [6.45, 7) is 0.268. The highest BCUT2D eigenvalue weighted by atomic mass is 16.5. The van der Waals surface area contributed by atoms with Crippen LogP contribution < -0.4 is 10.3 Å². The molecule has 0 bridgehead atoms. The van der Waals surface area contributed by atoms with Gasteiger partial charge in [0.2, 0.25) is 0 Å². The second kappa shape index (κ2) is 5.39. The molecule has 1 heterocycles. The predicted octanol–water partition coefficient (Wildman–Crippen LogP) is 1.60. The Bertz CT molecular complexity index is 660. The summed E-state index contributed by atoms with van der Waals surface area (Å²) in [7, 11) is 1.55. The van der Waals surface area contributed by atoms with E-state index in [-0.39, 0.29) is 17.7 Å². The van der Waals surface area contributed by atoms with Gasteiger partial charge >= 0.3 is 5.97 Å². The monoisotopic (exact) mass is 259 g/mol. The number of carbonyl (C=O) groups is 1. The van der Waals surface area contributed by atoms with Gasteiger partial charge in [-0.1, -0.05) is 18.2 Å². The molecule has 2 aromatic rings. The first kappa shape index (κ1) is 12.9. The summed E-state index contributed by atoms with van der Waals surface area (Å²) in [5.41, 5.74) is 0.639. The van der Waals surface area contributed by atoms with E-state index in [1.54, 1.807) is 13.2 Å². The Morgan fingerprint density at radius 2 is 2.00 bits per heavy atom. The molecule has 0 saturated heterocycles. The van der Waals surface area contributed by atoms with E-state index < -0.39 is 5.97 Å². The van der Waals surface area contributed by atoms with Gasteiger partial charge in [0.15, 0.2) is 0 Å². The molecule has 1 aromatic heterocycles. The molecule has 1 aromatic carbocycles. The van der Waals surface area contributed by atoms with Gasteiger partial charge in [0, 0.05) is 17.8 Å². The summed E-state index contributed by atoms with van der Waals surface area (Å²) in [4.78, 5) is 22.6. The summed E-state index contributed by atoms with van der Waals surface area (Å²) in [5, 5.41) is 8.93. The van der Waals surface area contributed by atoms with Crippen LogP contribution in [0.2, 0.25) is 0 Å². The standard InChI is InChI=1S/C14H13NO4/c1-19-12-5-3-2-4-10(12)8-15-9-11(14(17)18)6-7-13(15)16/h2-7,9H,8H2,1H3,(H,17,18). The van der Waals surface area contributed by atoms with Crippen molar-refractivity contribution in [1.82, 2.24) is 4.57 Å². The fourth-order valence-corrected chi connectivity index (χ4v) is 1.80. The molecule has 5 heteroatoms. The van der Waals surface area contributed by atoms with Crippen LogP contribution in [-0.2, 0) is 6.54 Å². The van der Waals surface area contributed by atoms with E-state index >= 15 is 0 Å². The quantitative estimate of drug-likeness (QED) is 0.905. The molecule has 0 amide bonds. The first-order chi connectivity index (χ1) is 9.11. The number of carboxylic acids is 1. The van der Waals surface area contributed by atoms with Crippen molar-refractivity contribution in [2.45, 2.75) is 6.54 Å². The third-order valence-corrected chi connectivity index (χ3v) is 2.76. The molecule has 0 saturated carbocycles. The van der Waals surface area contributed by atoms with Crippen LogP contribution in [0.4, 0.5) is 0 Å². The van der Waals surface area contributed by atoms with Crippen LogP contribution in [0.1, 0.15) is 15.9 Å². The number of ether oxygens (including phenoxy) is 1. The van der Waals surface area contributed by atoms with Crippen molar-refractivity contribution < 1.29 is 14.6 Å². The number of carboxylic acid groups (broad SMARTS) is 1. The number of benzene rings is 1. The highest BCUT2D eigenvalue weighted by Gasteiger charge is 2.07. The molecule has 98 valence electrons. The van der Waals surface area contributed by atoms with Gasteiger partial charge in [0.25, 0.3) is 5.56 Å². The molecule has 0 radical (unpaired) electrons. The lowest BCUT2D eigenvalue weighted by atomic mass is 10.2. The molecular weight excluding hydrogens is 246 g/mol. The zero-order valence-corrected chi connectivity index (χ0v) is 10.4. The minimum atomic E-state index is -1.06. The zero-order chi connectivity index (χ0) is 13.8. The van der Waals surface area contributed by atoms with Crippen LogP contribution in [0.5, 0.6) is 5.75 Å². The molecule has 0 atom stereocenters. The van der Waals surface area contributed by atoms with Gasteiger partial charge < -0.3 is 14.4 Å². The average molecular weight is 259 g/mol. The molecule has 0 aliphatic rings. The van der Waals surface area contributed by atoms with Crippen molar-refractivity contribution in [2.24, 2.45) is 0 Å². The Kier molecular flexibility index (Phi) is 3.66. The second-order valence-corrected chi connectivity index (χ2v) is 4.00. The lowest BCUT2D eigenvalue weighted by Gasteiger charge is -2.10. The summed E-state index contributed by atoms with van der Waals surface area (Å²) >= 11 is 0. The summed E-state index contributed by atoms with van der Waals surface area (Å²) in [5.74, 6) is -0.399. The number of hydrogen-bond donors (Lipinski definition) is 1. The maximum atomic E-state index is 11.7.